The third-order valence-corrected chi connectivity index (χ3v) is 3.46. The zero-order valence-electron chi connectivity index (χ0n) is 13.0. The second-order valence-corrected chi connectivity index (χ2v) is 5.32. The average molecular weight is 351 g/mol. The van der Waals surface area contributed by atoms with Crippen LogP contribution in [0.1, 0.15) is 5.69 Å². The molecule has 0 saturated heterocycles. The van der Waals surface area contributed by atoms with E-state index in [1.807, 2.05) is 25.4 Å². The van der Waals surface area contributed by atoms with Crippen molar-refractivity contribution in [1.29, 1.82) is 0 Å². The molecule has 0 aliphatic rings. The molecular weight excluding hydrogens is 334 g/mol. The molecule has 0 bridgehead atoms. The van der Waals surface area contributed by atoms with Gasteiger partial charge in [0.05, 0.1) is 5.69 Å². The smallest absolute Gasteiger partial charge is 0.328 e. The lowest BCUT2D eigenvalue weighted by Gasteiger charge is -2.00. The highest BCUT2D eigenvalue weighted by Crippen LogP contribution is 2.27. The van der Waals surface area contributed by atoms with E-state index in [-0.39, 0.29) is 5.96 Å². The minimum atomic E-state index is -1.26. The fourth-order valence-electron chi connectivity index (χ4n) is 1.56. The molecule has 128 valence electrons. The monoisotopic (exact) mass is 351 g/mol. The van der Waals surface area contributed by atoms with Crippen LogP contribution < -0.4 is 11.5 Å². The van der Waals surface area contributed by atoms with E-state index in [0.717, 1.165) is 11.4 Å². The standard InChI is InChI=1S/C10H13N5S.C4H4O4/c1-6-3-4-8(15(6)2)7-5-16-10(13-7)14-9(11)12;5-3(6)1-2-4(7)8/h3-5H,1-2H3,(H4,11,12,13,14);1-2H,(H,5,6)(H,7,8)/b;2-1-. The lowest BCUT2D eigenvalue weighted by Crippen LogP contribution is -2.21. The van der Waals surface area contributed by atoms with Crippen molar-refractivity contribution < 1.29 is 19.8 Å². The quantitative estimate of drug-likeness (QED) is 0.364. The van der Waals surface area contributed by atoms with Gasteiger partial charge in [0, 0.05) is 30.3 Å². The summed E-state index contributed by atoms with van der Waals surface area (Å²) in [7, 11) is 2.00. The number of thiazole rings is 1. The lowest BCUT2D eigenvalue weighted by molar-refractivity contribution is -0.134. The van der Waals surface area contributed by atoms with E-state index >= 15 is 0 Å². The second-order valence-electron chi connectivity index (χ2n) is 4.48. The molecule has 9 nitrogen and oxygen atoms in total. The first-order valence-corrected chi connectivity index (χ1v) is 7.40. The third-order valence-electron chi connectivity index (χ3n) is 2.72. The summed E-state index contributed by atoms with van der Waals surface area (Å²) in [4.78, 5) is 27.4. The summed E-state index contributed by atoms with van der Waals surface area (Å²) < 4.78 is 2.08. The molecule has 2 heterocycles. The van der Waals surface area contributed by atoms with E-state index in [4.69, 9.17) is 21.7 Å². The number of nitrogens with two attached hydrogens (primary N) is 2. The second kappa shape index (κ2) is 8.48. The molecule has 0 unspecified atom stereocenters. The molecule has 0 aliphatic heterocycles. The Bertz CT molecular complexity index is 771. The predicted molar refractivity (Wildman–Crippen MR) is 91.1 cm³/mol. The SMILES string of the molecule is Cc1ccc(-c2csc(N=C(N)N)n2)n1C.O=C(O)/C=C\C(=O)O. The number of nitrogens with zero attached hydrogens (tertiary/aromatic N) is 3. The molecule has 24 heavy (non-hydrogen) atoms. The number of aryl methyl sites for hydroxylation is 1. The van der Waals surface area contributed by atoms with Gasteiger partial charge in [0.15, 0.2) is 5.96 Å². The summed E-state index contributed by atoms with van der Waals surface area (Å²) in [6, 6.07) is 4.08. The minimum Gasteiger partial charge on any atom is -0.478 e. The molecule has 0 aliphatic carbocycles. The average Bonchev–Trinajstić information content (AvgIpc) is 3.05. The molecule has 0 aromatic carbocycles. The highest BCUT2D eigenvalue weighted by molar-refractivity contribution is 7.13. The number of aliphatic carboxylic acids is 2. The number of rotatable bonds is 4. The van der Waals surface area contributed by atoms with Gasteiger partial charge in [-0.3, -0.25) is 0 Å². The van der Waals surface area contributed by atoms with Crippen LogP contribution in [0.5, 0.6) is 0 Å². The molecule has 0 spiro atoms. The number of carbonyl (C=O) groups is 2. The van der Waals surface area contributed by atoms with E-state index in [1.54, 1.807) is 0 Å². The number of carboxylic acid groups (broad SMARTS) is 2. The largest absolute Gasteiger partial charge is 0.478 e. The van der Waals surface area contributed by atoms with Crippen LogP contribution in [-0.2, 0) is 16.6 Å². The van der Waals surface area contributed by atoms with Gasteiger partial charge in [-0.2, -0.15) is 4.99 Å². The Kier molecular flexibility index (Phi) is 6.68. The number of aromatic nitrogens is 2. The van der Waals surface area contributed by atoms with Crippen molar-refractivity contribution >= 4 is 34.4 Å². The van der Waals surface area contributed by atoms with Crippen LogP contribution in [0.15, 0.2) is 34.7 Å². The first-order chi connectivity index (χ1) is 11.2. The van der Waals surface area contributed by atoms with E-state index in [9.17, 15) is 9.59 Å². The summed E-state index contributed by atoms with van der Waals surface area (Å²) in [5.74, 6) is -2.48. The van der Waals surface area contributed by atoms with Crippen LogP contribution in [0, 0.1) is 6.92 Å². The topological polar surface area (TPSA) is 157 Å². The predicted octanol–water partition coefficient (Wildman–Crippen LogP) is 1.07. The van der Waals surface area contributed by atoms with Gasteiger partial charge in [-0.05, 0) is 19.1 Å². The van der Waals surface area contributed by atoms with Crippen molar-refractivity contribution in [2.75, 3.05) is 0 Å². The van der Waals surface area contributed by atoms with Crippen molar-refractivity contribution in [1.82, 2.24) is 9.55 Å². The Morgan fingerprint density at radius 1 is 1.25 bits per heavy atom. The van der Waals surface area contributed by atoms with Crippen LogP contribution in [0.4, 0.5) is 5.13 Å². The highest BCUT2D eigenvalue weighted by atomic mass is 32.1. The van der Waals surface area contributed by atoms with Gasteiger partial charge in [0.25, 0.3) is 0 Å². The fourth-order valence-corrected chi connectivity index (χ4v) is 2.26. The number of carboxylic acids is 2. The maximum absolute atomic E-state index is 9.55. The summed E-state index contributed by atoms with van der Waals surface area (Å²) in [5.41, 5.74) is 13.7. The molecule has 2 aromatic heterocycles. The fraction of sp³-hybridized carbons (Fsp3) is 0.143. The molecule has 2 rings (SSSR count). The molecule has 0 radical (unpaired) electrons. The summed E-state index contributed by atoms with van der Waals surface area (Å²) >= 11 is 1.42. The molecule has 0 saturated carbocycles. The molecule has 2 aromatic rings. The number of hydrogen-bond acceptors (Lipinski definition) is 5. The summed E-state index contributed by atoms with van der Waals surface area (Å²) in [6.45, 7) is 2.05. The first kappa shape index (κ1) is 18.9. The van der Waals surface area contributed by atoms with Gasteiger partial charge >= 0.3 is 11.9 Å². The summed E-state index contributed by atoms with van der Waals surface area (Å²) in [5, 5.41) is 18.1. The first-order valence-electron chi connectivity index (χ1n) is 6.52. The minimum absolute atomic E-state index is 0.0314. The van der Waals surface area contributed by atoms with Crippen LogP contribution in [-0.4, -0.2) is 37.7 Å². The number of aliphatic imine (C=N–C) groups is 1. The maximum atomic E-state index is 9.55. The van der Waals surface area contributed by atoms with Crippen LogP contribution in [0.25, 0.3) is 11.4 Å². The van der Waals surface area contributed by atoms with Crippen molar-refractivity contribution in [3.63, 3.8) is 0 Å². The zero-order chi connectivity index (χ0) is 18.3. The van der Waals surface area contributed by atoms with Gasteiger partial charge in [-0.25, -0.2) is 14.6 Å². The van der Waals surface area contributed by atoms with Crippen molar-refractivity contribution in [2.45, 2.75) is 6.92 Å². The Morgan fingerprint density at radius 3 is 2.25 bits per heavy atom. The molecule has 0 atom stereocenters. The summed E-state index contributed by atoms with van der Waals surface area (Å²) in [6.07, 6.45) is 1.12. The number of hydrogen-bond donors (Lipinski definition) is 4. The van der Waals surface area contributed by atoms with E-state index < -0.39 is 11.9 Å². The Balaban J connectivity index is 0.000000307. The third kappa shape index (κ3) is 5.93. The van der Waals surface area contributed by atoms with Crippen molar-refractivity contribution in [3.05, 3.63) is 35.4 Å². The van der Waals surface area contributed by atoms with Crippen LogP contribution in [0.2, 0.25) is 0 Å². The molecule has 10 heteroatoms. The van der Waals surface area contributed by atoms with Gasteiger partial charge in [-0.1, -0.05) is 0 Å². The normalized spacial score (nSPS) is 10.1. The number of guanidine groups is 1. The van der Waals surface area contributed by atoms with E-state index in [1.165, 1.54) is 17.0 Å². The van der Waals surface area contributed by atoms with Gasteiger partial charge in [-0.15, -0.1) is 11.3 Å². The van der Waals surface area contributed by atoms with Crippen molar-refractivity contribution in [3.8, 4) is 11.4 Å². The Morgan fingerprint density at radius 2 is 1.83 bits per heavy atom. The van der Waals surface area contributed by atoms with E-state index in [0.29, 0.717) is 17.3 Å². The molecule has 0 fully saturated rings. The zero-order valence-corrected chi connectivity index (χ0v) is 13.8. The van der Waals surface area contributed by atoms with Crippen LogP contribution >= 0.6 is 11.3 Å². The Hall–Kier alpha value is -3.14. The van der Waals surface area contributed by atoms with E-state index in [2.05, 4.69) is 20.6 Å². The van der Waals surface area contributed by atoms with Gasteiger partial charge < -0.3 is 26.2 Å². The molecule has 6 N–H and O–H groups in total. The molecule has 0 amide bonds. The van der Waals surface area contributed by atoms with Gasteiger partial charge in [0.1, 0.15) is 5.69 Å². The van der Waals surface area contributed by atoms with Crippen molar-refractivity contribution in [2.24, 2.45) is 23.5 Å². The molecular formula is C14H17N5O4S. The Labute approximate surface area is 141 Å². The lowest BCUT2D eigenvalue weighted by atomic mass is 10.3. The van der Waals surface area contributed by atoms with Gasteiger partial charge in [0.2, 0.25) is 5.13 Å². The maximum Gasteiger partial charge on any atom is 0.328 e. The highest BCUT2D eigenvalue weighted by Gasteiger charge is 2.08. The van der Waals surface area contributed by atoms with Crippen LogP contribution in [0.3, 0.4) is 0 Å².